The van der Waals surface area contributed by atoms with Crippen molar-refractivity contribution in [2.24, 2.45) is 0 Å². The van der Waals surface area contributed by atoms with Gasteiger partial charge in [-0.2, -0.15) is 0 Å². The van der Waals surface area contributed by atoms with E-state index in [0.29, 0.717) is 5.25 Å². The monoisotopic (exact) mass is 884 g/mol. The van der Waals surface area contributed by atoms with Crippen LogP contribution in [0, 0.1) is 0 Å². The van der Waals surface area contributed by atoms with Crippen molar-refractivity contribution in [3.8, 4) is 54.9 Å². The summed E-state index contributed by atoms with van der Waals surface area (Å²) in [7, 11) is 0. The minimum atomic E-state index is -0.199. The molecule has 1 aliphatic heterocycles. The maximum atomic E-state index is 6.81. The van der Waals surface area contributed by atoms with Gasteiger partial charge in [-0.3, -0.25) is 0 Å². The van der Waals surface area contributed by atoms with Crippen LogP contribution in [0.25, 0.3) is 104 Å². The van der Waals surface area contributed by atoms with Crippen LogP contribution in [0.3, 0.4) is 0 Å². The lowest BCUT2D eigenvalue weighted by molar-refractivity contribution is 0.619. The zero-order valence-electron chi connectivity index (χ0n) is 37.2. The standard InChI is InChI=1S/C62H44O2S2/c1-61(2)49-33-37(35-11-7-5-8-12-35)15-19-41(49)43-21-23-45-47-31-39(17-25-51(47)63-59(45)57(43)61)53-27-29-55(65-53)56-30-28-54(66-56)40-18-26-52-48(32-40)46-24-22-44-42-20-16-38(36-13-9-6-10-14-36)34-50(42)62(3,4)58(44)60(46)64-52/h5-27,29-34,54H,28H2,1-4H3. The number of benzene rings is 8. The molecule has 4 heteroatoms. The summed E-state index contributed by atoms with van der Waals surface area (Å²) >= 11 is 3.87. The summed E-state index contributed by atoms with van der Waals surface area (Å²) < 4.78 is 13.6. The molecule has 0 N–H and O–H groups in total. The molecule has 2 aliphatic carbocycles. The highest BCUT2D eigenvalue weighted by atomic mass is 32.2. The average molecular weight is 885 g/mol. The van der Waals surface area contributed by atoms with Crippen LogP contribution in [0.15, 0.2) is 185 Å². The smallest absolute Gasteiger partial charge is 0.140 e. The summed E-state index contributed by atoms with van der Waals surface area (Å²) in [5, 5.41) is 5.10. The van der Waals surface area contributed by atoms with Gasteiger partial charge in [-0.1, -0.05) is 137 Å². The molecule has 0 radical (unpaired) electrons. The Bertz CT molecular complexity index is 3870. The van der Waals surface area contributed by atoms with Crippen LogP contribution in [0.1, 0.15) is 72.1 Å². The highest BCUT2D eigenvalue weighted by molar-refractivity contribution is 8.09. The lowest BCUT2D eigenvalue weighted by Gasteiger charge is -2.22. The summed E-state index contributed by atoms with van der Waals surface area (Å²) in [6, 6.07) is 62.7. The highest BCUT2D eigenvalue weighted by Crippen LogP contribution is 2.56. The molecule has 0 spiro atoms. The summed E-state index contributed by atoms with van der Waals surface area (Å²) in [6.07, 6.45) is 3.44. The van der Waals surface area contributed by atoms with Crippen LogP contribution in [-0.2, 0) is 10.8 Å². The first kappa shape index (κ1) is 38.4. The molecule has 3 aliphatic rings. The first-order valence-corrected chi connectivity index (χ1v) is 24.8. The molecule has 8 aromatic carbocycles. The summed E-state index contributed by atoms with van der Waals surface area (Å²) in [5.74, 6) is 0. The fraction of sp³-hybridized carbons (Fsp3) is 0.129. The lowest BCUT2D eigenvalue weighted by Crippen LogP contribution is -2.15. The fourth-order valence-corrected chi connectivity index (χ4v) is 14.0. The van der Waals surface area contributed by atoms with Crippen molar-refractivity contribution >= 4 is 71.9 Å². The summed E-state index contributed by atoms with van der Waals surface area (Å²) in [4.78, 5) is 3.96. The average Bonchev–Trinajstić information content (AvgIpc) is 4.21. The van der Waals surface area contributed by atoms with Crippen LogP contribution < -0.4 is 0 Å². The summed E-state index contributed by atoms with van der Waals surface area (Å²) in [6.45, 7) is 9.40. The number of allylic oxidation sites excluding steroid dienone is 1. The molecule has 0 bridgehead atoms. The van der Waals surface area contributed by atoms with Crippen molar-refractivity contribution in [3.05, 3.63) is 209 Å². The predicted octanol–water partition coefficient (Wildman–Crippen LogP) is 18.4. The molecule has 0 saturated heterocycles. The number of hydrogen-bond acceptors (Lipinski definition) is 4. The van der Waals surface area contributed by atoms with E-state index in [0.717, 1.165) is 28.8 Å². The SMILES string of the molecule is CC1(C)c2cc(-c3ccccc3)ccc2-c2ccc3c(oc4ccc(-c5ccc(C6=CCC(c7ccc8oc9c%10c(ccc9c8c7)-c7ccc(-c8ccccc8)cc7C%10(C)C)S6)s5)cc43)c21. The van der Waals surface area contributed by atoms with Crippen LogP contribution in [0.5, 0.6) is 0 Å². The van der Waals surface area contributed by atoms with Gasteiger partial charge in [0.2, 0.25) is 0 Å². The van der Waals surface area contributed by atoms with Crippen LogP contribution >= 0.6 is 23.1 Å². The first-order chi connectivity index (χ1) is 32.2. The van der Waals surface area contributed by atoms with E-state index < -0.39 is 0 Å². The van der Waals surface area contributed by atoms with Gasteiger partial charge in [-0.25, -0.2) is 0 Å². The van der Waals surface area contributed by atoms with Crippen LogP contribution in [0.2, 0.25) is 0 Å². The van der Waals surface area contributed by atoms with Gasteiger partial charge in [0.1, 0.15) is 22.3 Å². The second-order valence-electron chi connectivity index (χ2n) is 19.5. The fourth-order valence-electron chi connectivity index (χ4n) is 11.7. The topological polar surface area (TPSA) is 26.3 Å². The molecule has 3 aromatic heterocycles. The first-order valence-electron chi connectivity index (χ1n) is 23.1. The Morgan fingerprint density at radius 2 is 0.955 bits per heavy atom. The molecular weight excluding hydrogens is 841 g/mol. The van der Waals surface area contributed by atoms with Crippen molar-refractivity contribution in [3.63, 3.8) is 0 Å². The zero-order valence-corrected chi connectivity index (χ0v) is 38.8. The molecule has 0 amide bonds. The number of thiophene rings is 1. The molecule has 11 aromatic rings. The molecule has 1 atom stereocenters. The van der Waals surface area contributed by atoms with Crippen LogP contribution in [0.4, 0.5) is 0 Å². The molecule has 66 heavy (non-hydrogen) atoms. The molecule has 0 fully saturated rings. The quantitative estimate of drug-likeness (QED) is 0.172. The Labute approximate surface area is 392 Å². The van der Waals surface area contributed by atoms with Gasteiger partial charge in [0.05, 0.1) is 0 Å². The largest absolute Gasteiger partial charge is 0.456 e. The minimum absolute atomic E-state index is 0.192. The number of rotatable bonds is 5. The second kappa shape index (κ2) is 13.8. The number of hydrogen-bond donors (Lipinski definition) is 0. The highest BCUT2D eigenvalue weighted by Gasteiger charge is 2.40. The van der Waals surface area contributed by atoms with Gasteiger partial charge >= 0.3 is 0 Å². The lowest BCUT2D eigenvalue weighted by atomic mass is 9.81. The Morgan fingerprint density at radius 3 is 1.55 bits per heavy atom. The van der Waals surface area contributed by atoms with Crippen molar-refractivity contribution in [1.82, 2.24) is 0 Å². The van der Waals surface area contributed by atoms with E-state index in [1.807, 2.05) is 23.1 Å². The van der Waals surface area contributed by atoms with Crippen molar-refractivity contribution in [2.45, 2.75) is 50.2 Å². The van der Waals surface area contributed by atoms with Gasteiger partial charge in [0, 0.05) is 63.4 Å². The third-order valence-corrected chi connectivity index (χ3v) is 17.7. The van der Waals surface area contributed by atoms with E-state index in [1.54, 1.807) is 0 Å². The summed E-state index contributed by atoms with van der Waals surface area (Å²) in [5.41, 5.74) is 21.5. The normalized spacial score (nSPS) is 16.5. The van der Waals surface area contributed by atoms with Gasteiger partial charge in [-0.05, 0) is 140 Å². The van der Waals surface area contributed by atoms with Gasteiger partial charge < -0.3 is 8.83 Å². The number of furan rings is 2. The second-order valence-corrected chi connectivity index (χ2v) is 21.8. The van der Waals surface area contributed by atoms with E-state index in [2.05, 4.69) is 204 Å². The maximum Gasteiger partial charge on any atom is 0.140 e. The van der Waals surface area contributed by atoms with E-state index in [1.165, 1.54) is 114 Å². The van der Waals surface area contributed by atoms with Gasteiger partial charge in [0.15, 0.2) is 0 Å². The minimum Gasteiger partial charge on any atom is -0.456 e. The predicted molar refractivity (Wildman–Crippen MR) is 280 cm³/mol. The molecule has 1 unspecified atom stereocenters. The van der Waals surface area contributed by atoms with E-state index in [-0.39, 0.29) is 10.8 Å². The van der Waals surface area contributed by atoms with Crippen molar-refractivity contribution in [2.75, 3.05) is 0 Å². The number of fused-ring (bicyclic) bond motifs is 14. The Balaban J connectivity index is 0.738. The Kier molecular flexibility index (Phi) is 8.06. The van der Waals surface area contributed by atoms with Gasteiger partial charge in [0.25, 0.3) is 0 Å². The van der Waals surface area contributed by atoms with E-state index >= 15 is 0 Å². The third kappa shape index (κ3) is 5.49. The molecule has 2 nitrogen and oxygen atoms in total. The Hall–Kier alpha value is -6.85. The third-order valence-electron chi connectivity index (χ3n) is 15.0. The molecular formula is C62H44O2S2. The van der Waals surface area contributed by atoms with E-state index in [4.69, 9.17) is 8.83 Å². The number of thioether (sulfide) groups is 1. The molecule has 316 valence electrons. The zero-order chi connectivity index (χ0) is 44.1. The molecule has 14 rings (SSSR count). The van der Waals surface area contributed by atoms with Gasteiger partial charge in [-0.15, -0.1) is 23.1 Å². The Morgan fingerprint density at radius 1 is 0.439 bits per heavy atom. The molecule has 0 saturated carbocycles. The van der Waals surface area contributed by atoms with Crippen LogP contribution in [-0.4, -0.2) is 0 Å². The van der Waals surface area contributed by atoms with Crippen molar-refractivity contribution in [1.29, 1.82) is 0 Å². The maximum absolute atomic E-state index is 6.81. The molecule has 4 heterocycles. The van der Waals surface area contributed by atoms with E-state index in [9.17, 15) is 0 Å². The van der Waals surface area contributed by atoms with Crippen molar-refractivity contribution < 1.29 is 8.83 Å².